The highest BCUT2D eigenvalue weighted by Crippen LogP contribution is 2.56. The third kappa shape index (κ3) is 4.76. The van der Waals surface area contributed by atoms with Gasteiger partial charge in [-0.25, -0.2) is 0 Å². The fourth-order valence-corrected chi connectivity index (χ4v) is 5.75. The largest absolute Gasteiger partial charge is 0.573 e. The van der Waals surface area contributed by atoms with Gasteiger partial charge in [0.15, 0.2) is 11.5 Å². The molecule has 0 N–H and O–H groups in total. The highest BCUT2D eigenvalue weighted by atomic mass is 19.4. The number of likely N-dealkylation sites (N-methyl/N-ethyl adjacent to an activating group) is 1. The van der Waals surface area contributed by atoms with Crippen LogP contribution in [0.1, 0.15) is 47.6 Å². The summed E-state index contributed by atoms with van der Waals surface area (Å²) in [5, 5.41) is 0. The van der Waals surface area contributed by atoms with E-state index in [1.54, 1.807) is 19.2 Å². The van der Waals surface area contributed by atoms with E-state index >= 15 is 0 Å². The summed E-state index contributed by atoms with van der Waals surface area (Å²) < 4.78 is 54.1. The summed E-state index contributed by atoms with van der Waals surface area (Å²) in [6.07, 6.45) is -0.798. The molecule has 1 saturated carbocycles. The molecule has 0 bridgehead atoms. The number of halogens is 3. The zero-order valence-electron chi connectivity index (χ0n) is 20.5. The highest BCUT2D eigenvalue weighted by Gasteiger charge is 2.49. The monoisotopic (exact) mass is 497 g/mol. The molecule has 36 heavy (non-hydrogen) atoms. The van der Waals surface area contributed by atoms with Gasteiger partial charge in [-0.1, -0.05) is 48.9 Å². The molecule has 1 unspecified atom stereocenters. The molecule has 3 aromatic rings. The van der Waals surface area contributed by atoms with Gasteiger partial charge >= 0.3 is 6.36 Å². The lowest BCUT2D eigenvalue weighted by atomic mass is 9.57. The van der Waals surface area contributed by atoms with Gasteiger partial charge in [-0.15, -0.1) is 13.2 Å². The Balaban J connectivity index is 1.49. The second-order valence-electron chi connectivity index (χ2n) is 9.69. The first-order valence-corrected chi connectivity index (χ1v) is 12.2. The minimum atomic E-state index is -4.70. The first kappa shape index (κ1) is 24.5. The van der Waals surface area contributed by atoms with Crippen LogP contribution in [0, 0.1) is 0 Å². The second kappa shape index (κ2) is 9.69. The quantitative estimate of drug-likeness (QED) is 0.358. The van der Waals surface area contributed by atoms with Gasteiger partial charge in [-0.3, -0.25) is 4.90 Å². The van der Waals surface area contributed by atoms with Gasteiger partial charge in [-0.05, 0) is 72.8 Å². The molecule has 0 amide bonds. The molecule has 190 valence electrons. The highest BCUT2D eigenvalue weighted by molar-refractivity contribution is 5.52. The van der Waals surface area contributed by atoms with Crippen molar-refractivity contribution in [3.63, 3.8) is 0 Å². The maximum absolute atomic E-state index is 12.7. The molecular formula is C29H30F3NO3. The lowest BCUT2D eigenvalue weighted by Crippen LogP contribution is -2.49. The van der Waals surface area contributed by atoms with Crippen LogP contribution in [0.5, 0.6) is 17.2 Å². The SMILES string of the molecule is COc1cc2c(cc1OCc1ccccc1)C(C1(c3ccc(OC(F)(F)F)cc3)CCC1)N(C)CC2. The molecule has 0 spiro atoms. The summed E-state index contributed by atoms with van der Waals surface area (Å²) in [7, 11) is 3.78. The van der Waals surface area contributed by atoms with Crippen molar-refractivity contribution in [1.29, 1.82) is 0 Å². The standard InChI is InChI=1S/C29H30F3NO3/c1-33-16-13-21-17-25(34-2)26(35-19-20-7-4-3-5-8-20)18-24(21)27(33)28(14-6-15-28)22-9-11-23(12-10-22)36-29(30,31)32/h3-5,7-12,17-18,27H,6,13-16,19H2,1-2H3. The number of rotatable bonds is 7. The Morgan fingerprint density at radius 1 is 0.972 bits per heavy atom. The minimum Gasteiger partial charge on any atom is -0.493 e. The summed E-state index contributed by atoms with van der Waals surface area (Å²) >= 11 is 0. The van der Waals surface area contributed by atoms with Gasteiger partial charge in [0.1, 0.15) is 12.4 Å². The molecule has 1 heterocycles. The van der Waals surface area contributed by atoms with Crippen molar-refractivity contribution in [2.75, 3.05) is 20.7 Å². The predicted octanol–water partition coefficient (Wildman–Crippen LogP) is 6.82. The van der Waals surface area contributed by atoms with Gasteiger partial charge in [0.05, 0.1) is 7.11 Å². The van der Waals surface area contributed by atoms with Gasteiger partial charge < -0.3 is 14.2 Å². The van der Waals surface area contributed by atoms with E-state index in [2.05, 4.69) is 28.8 Å². The zero-order valence-corrected chi connectivity index (χ0v) is 20.5. The van der Waals surface area contributed by atoms with Crippen LogP contribution in [-0.4, -0.2) is 32.0 Å². The Bertz CT molecular complexity index is 1190. The Morgan fingerprint density at radius 3 is 2.31 bits per heavy atom. The Labute approximate surface area is 209 Å². The van der Waals surface area contributed by atoms with E-state index in [1.165, 1.54) is 23.3 Å². The first-order valence-electron chi connectivity index (χ1n) is 12.2. The van der Waals surface area contributed by atoms with E-state index in [0.717, 1.165) is 43.4 Å². The molecule has 7 heteroatoms. The number of nitrogens with zero attached hydrogens (tertiary/aromatic N) is 1. The molecule has 0 saturated heterocycles. The van der Waals surface area contributed by atoms with Crippen LogP contribution in [0.25, 0.3) is 0 Å². The zero-order chi connectivity index (χ0) is 25.3. The number of benzene rings is 3. The van der Waals surface area contributed by atoms with E-state index in [0.29, 0.717) is 18.1 Å². The molecule has 1 fully saturated rings. The van der Waals surface area contributed by atoms with Gasteiger partial charge in [0.25, 0.3) is 0 Å². The maximum Gasteiger partial charge on any atom is 0.573 e. The number of fused-ring (bicyclic) bond motifs is 1. The van der Waals surface area contributed by atoms with Crippen molar-refractivity contribution in [3.05, 3.63) is 89.0 Å². The molecule has 1 atom stereocenters. The topological polar surface area (TPSA) is 30.9 Å². The minimum absolute atomic E-state index is 0.0781. The Kier molecular flexibility index (Phi) is 6.60. The van der Waals surface area contributed by atoms with Crippen molar-refractivity contribution < 1.29 is 27.4 Å². The van der Waals surface area contributed by atoms with E-state index in [-0.39, 0.29) is 17.2 Å². The fraction of sp³-hybridized carbons (Fsp3) is 0.379. The molecule has 3 aromatic carbocycles. The summed E-state index contributed by atoms with van der Waals surface area (Å²) in [4.78, 5) is 2.37. The average molecular weight is 498 g/mol. The van der Waals surface area contributed by atoms with Crippen LogP contribution in [-0.2, 0) is 18.4 Å². The van der Waals surface area contributed by atoms with Crippen molar-refractivity contribution >= 4 is 0 Å². The molecular weight excluding hydrogens is 467 g/mol. The maximum atomic E-state index is 12.7. The van der Waals surface area contributed by atoms with Gasteiger partial charge in [0, 0.05) is 18.0 Å². The van der Waals surface area contributed by atoms with Crippen molar-refractivity contribution in [3.8, 4) is 17.2 Å². The van der Waals surface area contributed by atoms with E-state index in [9.17, 15) is 13.2 Å². The fourth-order valence-electron chi connectivity index (χ4n) is 5.75. The smallest absolute Gasteiger partial charge is 0.493 e. The third-order valence-electron chi connectivity index (χ3n) is 7.56. The summed E-state index contributed by atoms with van der Waals surface area (Å²) in [6.45, 7) is 1.32. The molecule has 1 aliphatic carbocycles. The molecule has 0 aromatic heterocycles. The number of hydrogen-bond acceptors (Lipinski definition) is 4. The number of hydrogen-bond donors (Lipinski definition) is 0. The number of ether oxygens (including phenoxy) is 3. The molecule has 2 aliphatic rings. The summed E-state index contributed by atoms with van der Waals surface area (Å²) in [5.74, 6) is 1.22. The van der Waals surface area contributed by atoms with E-state index in [4.69, 9.17) is 9.47 Å². The van der Waals surface area contributed by atoms with Crippen LogP contribution in [0.3, 0.4) is 0 Å². The number of methoxy groups -OCH3 is 1. The lowest BCUT2D eigenvalue weighted by molar-refractivity contribution is -0.274. The Morgan fingerprint density at radius 2 is 1.69 bits per heavy atom. The molecule has 4 nitrogen and oxygen atoms in total. The van der Waals surface area contributed by atoms with Gasteiger partial charge in [-0.2, -0.15) is 0 Å². The van der Waals surface area contributed by atoms with Crippen molar-refractivity contribution in [2.24, 2.45) is 0 Å². The Hall–Kier alpha value is -3.19. The summed E-state index contributed by atoms with van der Waals surface area (Å²) in [5.41, 5.74) is 4.35. The molecule has 0 radical (unpaired) electrons. The average Bonchev–Trinajstić information content (AvgIpc) is 2.83. The number of alkyl halides is 3. The molecule has 5 rings (SSSR count). The van der Waals surface area contributed by atoms with Crippen LogP contribution in [0.4, 0.5) is 13.2 Å². The summed E-state index contributed by atoms with van der Waals surface area (Å²) in [6, 6.07) is 20.7. The lowest BCUT2D eigenvalue weighted by Gasteiger charge is -2.53. The first-order chi connectivity index (χ1) is 17.3. The van der Waals surface area contributed by atoms with Crippen LogP contribution in [0.15, 0.2) is 66.7 Å². The van der Waals surface area contributed by atoms with Crippen LogP contribution in [0.2, 0.25) is 0 Å². The second-order valence-corrected chi connectivity index (χ2v) is 9.69. The predicted molar refractivity (Wildman–Crippen MR) is 131 cm³/mol. The van der Waals surface area contributed by atoms with E-state index in [1.807, 2.05) is 30.3 Å². The van der Waals surface area contributed by atoms with Gasteiger partial charge in [0.2, 0.25) is 0 Å². The van der Waals surface area contributed by atoms with Crippen molar-refractivity contribution in [1.82, 2.24) is 4.90 Å². The third-order valence-corrected chi connectivity index (χ3v) is 7.56. The van der Waals surface area contributed by atoms with Crippen LogP contribution < -0.4 is 14.2 Å². The van der Waals surface area contributed by atoms with E-state index < -0.39 is 6.36 Å². The normalized spacial score (nSPS) is 19.2. The molecule has 1 aliphatic heterocycles. The van der Waals surface area contributed by atoms with Crippen molar-refractivity contribution in [2.45, 2.75) is 50.1 Å². The van der Waals surface area contributed by atoms with Crippen LogP contribution >= 0.6 is 0 Å².